The molecule has 1 fully saturated rings. The van der Waals surface area contributed by atoms with Crippen molar-refractivity contribution < 1.29 is 9.90 Å². The largest absolute Gasteiger partial charge is 0.400 e. The third kappa shape index (κ3) is 18.0. The molecule has 1 rings (SSSR count). The summed E-state index contributed by atoms with van der Waals surface area (Å²) < 4.78 is 0. The van der Waals surface area contributed by atoms with Gasteiger partial charge in [0.05, 0.1) is 0 Å². The molecule has 1 saturated heterocycles. The van der Waals surface area contributed by atoms with Gasteiger partial charge in [-0.2, -0.15) is 0 Å². The van der Waals surface area contributed by atoms with Crippen molar-refractivity contribution in [2.24, 2.45) is 0 Å². The molecule has 0 aromatic rings. The highest BCUT2D eigenvalue weighted by Gasteiger charge is 2.03. The minimum atomic E-state index is 0.225. The van der Waals surface area contributed by atoms with E-state index in [4.69, 9.17) is 5.11 Å². The molecule has 0 radical (unpaired) electrons. The third-order valence-corrected chi connectivity index (χ3v) is 2.61. The van der Waals surface area contributed by atoms with Gasteiger partial charge in [-0.15, -0.1) is 0 Å². The number of carbonyl (C=O) groups is 1. The quantitative estimate of drug-likeness (QED) is 0.747. The molecule has 1 aliphatic heterocycles. The summed E-state index contributed by atoms with van der Waals surface area (Å²) >= 11 is 0. The minimum Gasteiger partial charge on any atom is -0.400 e. The summed E-state index contributed by atoms with van der Waals surface area (Å²) in [6.07, 6.45) is 11.2. The van der Waals surface area contributed by atoms with Crippen LogP contribution in [0.5, 0.6) is 0 Å². The topological polar surface area (TPSA) is 49.3 Å². The molecule has 3 nitrogen and oxygen atoms in total. The van der Waals surface area contributed by atoms with Crippen molar-refractivity contribution in [2.75, 3.05) is 13.7 Å². The van der Waals surface area contributed by atoms with Crippen LogP contribution in [0, 0.1) is 0 Å². The maximum atomic E-state index is 10.6. The molecular formula is C14H31NO2. The maximum absolute atomic E-state index is 10.6. The molecule has 104 valence electrons. The second kappa shape index (κ2) is 17.8. The Morgan fingerprint density at radius 1 is 1.00 bits per heavy atom. The van der Waals surface area contributed by atoms with E-state index < -0.39 is 0 Å². The van der Waals surface area contributed by atoms with E-state index in [-0.39, 0.29) is 5.91 Å². The van der Waals surface area contributed by atoms with Crippen LogP contribution < -0.4 is 5.32 Å². The normalized spacial score (nSPS) is 14.5. The Morgan fingerprint density at radius 2 is 1.59 bits per heavy atom. The van der Waals surface area contributed by atoms with Gasteiger partial charge in [0.2, 0.25) is 5.91 Å². The van der Waals surface area contributed by atoms with Crippen molar-refractivity contribution >= 4 is 5.91 Å². The van der Waals surface area contributed by atoms with Crippen molar-refractivity contribution in [3.05, 3.63) is 0 Å². The lowest BCUT2D eigenvalue weighted by molar-refractivity contribution is -0.120. The lowest BCUT2D eigenvalue weighted by atomic mass is 10.2. The molecule has 17 heavy (non-hydrogen) atoms. The Kier molecular flexibility index (Phi) is 19.7. The fourth-order valence-electron chi connectivity index (χ4n) is 1.58. The summed E-state index contributed by atoms with van der Waals surface area (Å²) in [7, 11) is 1.00. The summed E-state index contributed by atoms with van der Waals surface area (Å²) in [5.74, 6) is 0.225. The highest BCUT2D eigenvalue weighted by atomic mass is 16.2. The number of rotatable bonds is 4. The van der Waals surface area contributed by atoms with Crippen molar-refractivity contribution in [1.29, 1.82) is 0 Å². The van der Waals surface area contributed by atoms with Crippen LogP contribution in [0.1, 0.15) is 71.6 Å². The molecule has 0 spiro atoms. The number of hydrogen-bond acceptors (Lipinski definition) is 2. The monoisotopic (exact) mass is 245 g/mol. The van der Waals surface area contributed by atoms with E-state index in [1.54, 1.807) is 0 Å². The average molecular weight is 245 g/mol. The lowest BCUT2D eigenvalue weighted by Crippen LogP contribution is -2.21. The van der Waals surface area contributed by atoms with Gasteiger partial charge in [0.25, 0.3) is 0 Å². The SMILES string of the molecule is CCCCCCC.CO.O=C1CCCCCN1. The second-order valence-electron chi connectivity index (χ2n) is 4.22. The van der Waals surface area contributed by atoms with Crippen LogP contribution in [-0.4, -0.2) is 24.7 Å². The van der Waals surface area contributed by atoms with E-state index in [9.17, 15) is 4.79 Å². The highest BCUT2D eigenvalue weighted by Crippen LogP contribution is 2.02. The van der Waals surface area contributed by atoms with Crippen molar-refractivity contribution in [1.82, 2.24) is 5.32 Å². The highest BCUT2D eigenvalue weighted by molar-refractivity contribution is 5.75. The zero-order valence-electron chi connectivity index (χ0n) is 11.9. The maximum Gasteiger partial charge on any atom is 0.219 e. The average Bonchev–Trinajstić information content (AvgIpc) is 2.61. The summed E-state index contributed by atoms with van der Waals surface area (Å²) in [5.41, 5.74) is 0. The van der Waals surface area contributed by atoms with Gasteiger partial charge >= 0.3 is 0 Å². The van der Waals surface area contributed by atoms with Crippen LogP contribution in [0.3, 0.4) is 0 Å². The number of unbranched alkanes of at least 4 members (excludes halogenated alkanes) is 4. The number of carbonyl (C=O) groups excluding carboxylic acids is 1. The molecule has 0 bridgehead atoms. The summed E-state index contributed by atoms with van der Waals surface area (Å²) in [5, 5.41) is 9.81. The minimum absolute atomic E-state index is 0.225. The van der Waals surface area contributed by atoms with E-state index in [1.165, 1.54) is 38.5 Å². The van der Waals surface area contributed by atoms with E-state index >= 15 is 0 Å². The first-order chi connectivity index (χ1) is 8.31. The Balaban J connectivity index is 0. The van der Waals surface area contributed by atoms with Gasteiger partial charge in [0.1, 0.15) is 0 Å². The standard InChI is InChI=1S/C7H16.C6H11NO.CH4O/c1-3-5-7-6-4-2;8-6-4-2-1-3-5-7-6;1-2/h3-7H2,1-2H3;1-5H2,(H,7,8);2H,1H3. The van der Waals surface area contributed by atoms with Gasteiger partial charge in [-0.1, -0.05) is 52.4 Å². The van der Waals surface area contributed by atoms with Gasteiger partial charge in [-0.25, -0.2) is 0 Å². The molecule has 0 unspecified atom stereocenters. The molecule has 3 heteroatoms. The summed E-state index contributed by atoms with van der Waals surface area (Å²) in [6.45, 7) is 5.38. The van der Waals surface area contributed by atoms with E-state index in [0.29, 0.717) is 0 Å². The van der Waals surface area contributed by atoms with Gasteiger partial charge in [-0.05, 0) is 12.8 Å². The first-order valence-electron chi connectivity index (χ1n) is 7.02. The van der Waals surface area contributed by atoms with Crippen LogP contribution in [0.15, 0.2) is 0 Å². The van der Waals surface area contributed by atoms with Crippen LogP contribution in [0.4, 0.5) is 0 Å². The Labute approximate surface area is 107 Å². The number of aliphatic hydroxyl groups is 1. The molecule has 2 N–H and O–H groups in total. The van der Waals surface area contributed by atoms with Crippen molar-refractivity contribution in [3.8, 4) is 0 Å². The molecule has 1 amide bonds. The summed E-state index contributed by atoms with van der Waals surface area (Å²) in [6, 6.07) is 0. The Hall–Kier alpha value is -0.570. The van der Waals surface area contributed by atoms with Crippen LogP contribution in [0.2, 0.25) is 0 Å². The first-order valence-corrected chi connectivity index (χ1v) is 7.02. The molecular weight excluding hydrogens is 214 g/mol. The Morgan fingerprint density at radius 3 is 2.12 bits per heavy atom. The fraction of sp³-hybridized carbons (Fsp3) is 0.929. The number of aliphatic hydroxyl groups excluding tert-OH is 1. The van der Waals surface area contributed by atoms with Crippen LogP contribution >= 0.6 is 0 Å². The fourth-order valence-corrected chi connectivity index (χ4v) is 1.58. The number of hydrogen-bond donors (Lipinski definition) is 2. The smallest absolute Gasteiger partial charge is 0.219 e. The van der Waals surface area contributed by atoms with Gasteiger partial charge < -0.3 is 10.4 Å². The molecule has 0 atom stereocenters. The molecule has 1 aliphatic rings. The zero-order chi connectivity index (χ0) is 13.4. The zero-order valence-corrected chi connectivity index (χ0v) is 11.9. The molecule has 0 aromatic carbocycles. The number of nitrogens with one attached hydrogen (secondary N) is 1. The van der Waals surface area contributed by atoms with Gasteiger partial charge in [0.15, 0.2) is 0 Å². The molecule has 1 heterocycles. The second-order valence-corrected chi connectivity index (χ2v) is 4.22. The molecule has 0 aromatic heterocycles. The van der Waals surface area contributed by atoms with E-state index in [1.807, 2.05) is 0 Å². The van der Waals surface area contributed by atoms with Gasteiger partial charge in [0, 0.05) is 20.1 Å². The van der Waals surface area contributed by atoms with Gasteiger partial charge in [-0.3, -0.25) is 4.79 Å². The van der Waals surface area contributed by atoms with Crippen LogP contribution in [-0.2, 0) is 4.79 Å². The first kappa shape index (κ1) is 18.8. The van der Waals surface area contributed by atoms with Crippen LogP contribution in [0.25, 0.3) is 0 Å². The number of amides is 1. The van der Waals surface area contributed by atoms with Crippen molar-refractivity contribution in [2.45, 2.75) is 71.6 Å². The summed E-state index contributed by atoms with van der Waals surface area (Å²) in [4.78, 5) is 10.6. The van der Waals surface area contributed by atoms with E-state index in [0.717, 1.165) is 32.9 Å². The Bertz CT molecular complexity index is 135. The lowest BCUT2D eigenvalue weighted by Gasteiger charge is -1.93. The third-order valence-electron chi connectivity index (χ3n) is 2.61. The van der Waals surface area contributed by atoms with Crippen molar-refractivity contribution in [3.63, 3.8) is 0 Å². The predicted molar refractivity (Wildman–Crippen MR) is 74.1 cm³/mol. The molecule has 0 saturated carbocycles. The predicted octanol–water partition coefficient (Wildman–Crippen LogP) is 3.26. The van der Waals surface area contributed by atoms with E-state index in [2.05, 4.69) is 19.2 Å². The molecule has 0 aliphatic carbocycles.